The third-order valence-corrected chi connectivity index (χ3v) is 8.81. The van der Waals surface area contributed by atoms with E-state index in [0.717, 1.165) is 60.0 Å². The van der Waals surface area contributed by atoms with Crippen molar-refractivity contribution in [3.05, 3.63) is 101 Å². The number of rotatable bonds is 13. The SMILES string of the molecule is CS(=O)(=O)N(CCCC(=O)N(Cc1ccccc1F)[C@H](Cc1ccccc1)C(=O)NC1CCCC1)c1ccc(F)c(F)c1. The molecule has 3 aromatic rings. The minimum atomic E-state index is -3.90. The van der Waals surface area contributed by atoms with Crippen molar-refractivity contribution >= 4 is 27.5 Å². The lowest BCUT2D eigenvalue weighted by molar-refractivity contribution is -0.141. The molecule has 1 atom stereocenters. The van der Waals surface area contributed by atoms with Gasteiger partial charge in [0.25, 0.3) is 0 Å². The van der Waals surface area contributed by atoms with Gasteiger partial charge >= 0.3 is 0 Å². The maximum atomic E-state index is 14.8. The Labute approximate surface area is 250 Å². The zero-order chi connectivity index (χ0) is 31.0. The van der Waals surface area contributed by atoms with E-state index in [0.29, 0.717) is 0 Å². The smallest absolute Gasteiger partial charge is 0.243 e. The summed E-state index contributed by atoms with van der Waals surface area (Å²) >= 11 is 0. The molecule has 1 aliphatic carbocycles. The minimum Gasteiger partial charge on any atom is -0.352 e. The van der Waals surface area contributed by atoms with Crippen molar-refractivity contribution in [1.29, 1.82) is 0 Å². The van der Waals surface area contributed by atoms with Crippen LogP contribution in [0.5, 0.6) is 0 Å². The van der Waals surface area contributed by atoms with Gasteiger partial charge in [-0.05, 0) is 43.0 Å². The normalized spacial score (nSPS) is 14.3. The quantitative estimate of drug-likeness (QED) is 0.281. The lowest BCUT2D eigenvalue weighted by atomic mass is 10.0. The lowest BCUT2D eigenvalue weighted by Gasteiger charge is -2.33. The molecule has 0 aromatic heterocycles. The van der Waals surface area contributed by atoms with E-state index in [1.54, 1.807) is 12.1 Å². The number of benzene rings is 3. The Morgan fingerprint density at radius 3 is 2.23 bits per heavy atom. The molecule has 0 bridgehead atoms. The fourth-order valence-electron chi connectivity index (χ4n) is 5.38. The summed E-state index contributed by atoms with van der Waals surface area (Å²) in [6.45, 7) is -0.360. The molecule has 4 rings (SSSR count). The molecule has 1 fully saturated rings. The molecule has 11 heteroatoms. The molecule has 0 spiro atoms. The van der Waals surface area contributed by atoms with Gasteiger partial charge < -0.3 is 10.2 Å². The zero-order valence-corrected chi connectivity index (χ0v) is 24.8. The molecule has 1 aliphatic rings. The van der Waals surface area contributed by atoms with E-state index in [1.165, 1.54) is 17.0 Å². The summed E-state index contributed by atoms with van der Waals surface area (Å²) in [6.07, 6.45) is 4.66. The Morgan fingerprint density at radius 1 is 0.907 bits per heavy atom. The molecule has 2 amide bonds. The predicted octanol–water partition coefficient (Wildman–Crippen LogP) is 5.35. The van der Waals surface area contributed by atoms with Crippen LogP contribution in [0.4, 0.5) is 18.9 Å². The number of halogens is 3. The summed E-state index contributed by atoms with van der Waals surface area (Å²) in [4.78, 5) is 28.9. The fourth-order valence-corrected chi connectivity index (χ4v) is 6.33. The van der Waals surface area contributed by atoms with Gasteiger partial charge in [-0.2, -0.15) is 0 Å². The third-order valence-electron chi connectivity index (χ3n) is 7.61. The number of amides is 2. The van der Waals surface area contributed by atoms with E-state index in [1.807, 2.05) is 30.3 Å². The molecule has 230 valence electrons. The predicted molar refractivity (Wildman–Crippen MR) is 159 cm³/mol. The van der Waals surface area contributed by atoms with Crippen LogP contribution >= 0.6 is 0 Å². The van der Waals surface area contributed by atoms with Crippen molar-refractivity contribution in [2.45, 2.75) is 63.6 Å². The van der Waals surface area contributed by atoms with E-state index >= 15 is 0 Å². The zero-order valence-electron chi connectivity index (χ0n) is 24.0. The average molecular weight is 616 g/mol. The van der Waals surface area contributed by atoms with Crippen LogP contribution in [0.2, 0.25) is 0 Å². The summed E-state index contributed by atoms with van der Waals surface area (Å²) in [5.74, 6) is -3.63. The third kappa shape index (κ3) is 8.82. The largest absolute Gasteiger partial charge is 0.352 e. The van der Waals surface area contributed by atoms with Gasteiger partial charge in [0.05, 0.1) is 11.9 Å². The molecule has 0 aliphatic heterocycles. The second-order valence-corrected chi connectivity index (χ2v) is 12.8. The molecule has 0 radical (unpaired) electrons. The van der Waals surface area contributed by atoms with Crippen LogP contribution in [-0.4, -0.2) is 50.0 Å². The standard InChI is InChI=1S/C32H36F3N3O4S/c1-43(41,42)38(26-17-18-28(34)29(35)21-26)19-9-16-31(39)37(22-24-12-5-8-15-27(24)33)30(20-23-10-3-2-4-11-23)32(40)36-25-13-6-7-14-25/h2-5,8,10-12,15,17-18,21,25,30H,6-7,9,13-14,16,19-20,22H2,1H3,(H,36,40)/t30-/m1/s1. The van der Waals surface area contributed by atoms with Gasteiger partial charge in [0.1, 0.15) is 11.9 Å². The van der Waals surface area contributed by atoms with Gasteiger partial charge in [0.15, 0.2) is 11.6 Å². The van der Waals surface area contributed by atoms with Crippen LogP contribution < -0.4 is 9.62 Å². The molecule has 0 saturated heterocycles. The van der Waals surface area contributed by atoms with Crippen LogP contribution in [0.1, 0.15) is 49.7 Å². The van der Waals surface area contributed by atoms with Crippen molar-refractivity contribution in [3.8, 4) is 0 Å². The number of carbonyl (C=O) groups excluding carboxylic acids is 2. The summed E-state index contributed by atoms with van der Waals surface area (Å²) in [7, 11) is -3.90. The van der Waals surface area contributed by atoms with E-state index in [2.05, 4.69) is 5.32 Å². The average Bonchev–Trinajstić information content (AvgIpc) is 3.48. The number of nitrogens with zero attached hydrogens (tertiary/aromatic N) is 2. The molecule has 0 heterocycles. The molecular formula is C32H36F3N3O4S. The highest BCUT2D eigenvalue weighted by molar-refractivity contribution is 7.92. The highest BCUT2D eigenvalue weighted by Crippen LogP contribution is 2.23. The molecular weight excluding hydrogens is 579 g/mol. The number of carbonyl (C=O) groups is 2. The Balaban J connectivity index is 1.59. The Morgan fingerprint density at radius 2 is 1.58 bits per heavy atom. The molecule has 3 aromatic carbocycles. The Kier molecular flexibility index (Phi) is 10.8. The van der Waals surface area contributed by atoms with Gasteiger partial charge in [-0.25, -0.2) is 21.6 Å². The van der Waals surface area contributed by atoms with Crippen LogP contribution in [0.15, 0.2) is 72.8 Å². The monoisotopic (exact) mass is 615 g/mol. The highest BCUT2D eigenvalue weighted by Gasteiger charge is 2.32. The van der Waals surface area contributed by atoms with Crippen molar-refractivity contribution in [1.82, 2.24) is 10.2 Å². The van der Waals surface area contributed by atoms with Crippen molar-refractivity contribution in [2.24, 2.45) is 0 Å². The van der Waals surface area contributed by atoms with Crippen LogP contribution in [0, 0.1) is 17.5 Å². The van der Waals surface area contributed by atoms with Gasteiger partial charge in [-0.3, -0.25) is 13.9 Å². The summed E-state index contributed by atoms with van der Waals surface area (Å²) in [5, 5.41) is 3.08. The molecule has 43 heavy (non-hydrogen) atoms. The number of sulfonamides is 1. The van der Waals surface area contributed by atoms with Gasteiger partial charge in [-0.1, -0.05) is 61.4 Å². The van der Waals surface area contributed by atoms with E-state index < -0.39 is 39.4 Å². The Hall–Kier alpha value is -3.86. The van der Waals surface area contributed by atoms with Crippen molar-refractivity contribution in [2.75, 3.05) is 17.1 Å². The van der Waals surface area contributed by atoms with E-state index in [9.17, 15) is 31.2 Å². The van der Waals surface area contributed by atoms with Crippen LogP contribution in [0.3, 0.4) is 0 Å². The maximum absolute atomic E-state index is 14.8. The first kappa shape index (κ1) is 32.1. The molecule has 1 saturated carbocycles. The first-order valence-electron chi connectivity index (χ1n) is 14.3. The number of nitrogens with one attached hydrogen (secondary N) is 1. The lowest BCUT2D eigenvalue weighted by Crippen LogP contribution is -2.52. The van der Waals surface area contributed by atoms with E-state index in [4.69, 9.17) is 0 Å². The van der Waals surface area contributed by atoms with Gasteiger partial charge in [0, 0.05) is 43.6 Å². The summed E-state index contributed by atoms with van der Waals surface area (Å²) in [5.41, 5.74) is 0.985. The maximum Gasteiger partial charge on any atom is 0.243 e. The second kappa shape index (κ2) is 14.5. The summed E-state index contributed by atoms with van der Waals surface area (Å²) in [6, 6.07) is 17.1. The molecule has 0 unspecified atom stereocenters. The van der Waals surface area contributed by atoms with Gasteiger partial charge in [0.2, 0.25) is 21.8 Å². The minimum absolute atomic E-state index is 0.00406. The highest BCUT2D eigenvalue weighted by atomic mass is 32.2. The van der Waals surface area contributed by atoms with Crippen molar-refractivity contribution in [3.63, 3.8) is 0 Å². The van der Waals surface area contributed by atoms with E-state index in [-0.39, 0.29) is 55.6 Å². The Bertz CT molecular complexity index is 1520. The molecule has 1 N–H and O–H groups in total. The number of hydrogen-bond acceptors (Lipinski definition) is 4. The first-order valence-corrected chi connectivity index (χ1v) is 16.2. The summed E-state index contributed by atoms with van der Waals surface area (Å²) < 4.78 is 68.1. The number of anilines is 1. The van der Waals surface area contributed by atoms with Crippen LogP contribution in [-0.2, 0) is 32.6 Å². The number of hydrogen-bond donors (Lipinski definition) is 1. The first-order chi connectivity index (χ1) is 20.5. The van der Waals surface area contributed by atoms with Crippen molar-refractivity contribution < 1.29 is 31.2 Å². The van der Waals surface area contributed by atoms with Gasteiger partial charge in [-0.15, -0.1) is 0 Å². The topological polar surface area (TPSA) is 86.8 Å². The molecule has 7 nitrogen and oxygen atoms in total. The second-order valence-electron chi connectivity index (χ2n) is 10.8. The fraction of sp³-hybridized carbons (Fsp3) is 0.375. The van der Waals surface area contributed by atoms with Crippen LogP contribution in [0.25, 0.3) is 0 Å².